The molecule has 0 spiro atoms. The van der Waals surface area contributed by atoms with Gasteiger partial charge >= 0.3 is 0 Å². The van der Waals surface area contributed by atoms with Gasteiger partial charge < -0.3 is 4.57 Å². The van der Waals surface area contributed by atoms with Crippen molar-refractivity contribution in [3.8, 4) is 10.6 Å². The van der Waals surface area contributed by atoms with Crippen molar-refractivity contribution < 1.29 is 4.39 Å². The molecule has 0 aliphatic heterocycles. The van der Waals surface area contributed by atoms with Gasteiger partial charge in [-0.25, -0.2) is 9.37 Å². The molecule has 2 heterocycles. The van der Waals surface area contributed by atoms with E-state index in [0.717, 1.165) is 20.8 Å². The number of aryl methyl sites for hydroxylation is 1. The molecule has 0 atom stereocenters. The molecule has 2 nitrogen and oxygen atoms in total. The van der Waals surface area contributed by atoms with E-state index in [1.54, 1.807) is 23.5 Å². The van der Waals surface area contributed by atoms with Crippen LogP contribution < -0.4 is 0 Å². The van der Waals surface area contributed by atoms with Crippen LogP contribution in [0.15, 0.2) is 36.7 Å². The maximum Gasteiger partial charge on any atom is 0.124 e. The first-order valence-corrected chi connectivity index (χ1v) is 5.72. The van der Waals surface area contributed by atoms with Crippen LogP contribution in [-0.4, -0.2) is 9.55 Å². The van der Waals surface area contributed by atoms with E-state index in [1.807, 2.05) is 24.0 Å². The maximum absolute atomic E-state index is 12.8. The minimum atomic E-state index is -0.217. The summed E-state index contributed by atoms with van der Waals surface area (Å²) in [5.74, 6) is -0.217. The van der Waals surface area contributed by atoms with Crippen molar-refractivity contribution in [3.05, 3.63) is 42.5 Å². The summed E-state index contributed by atoms with van der Waals surface area (Å²) in [5.41, 5.74) is 1.96. The Morgan fingerprint density at radius 1 is 1.19 bits per heavy atom. The number of halogens is 1. The number of rotatable bonds is 1. The first-order chi connectivity index (χ1) is 7.72. The summed E-state index contributed by atoms with van der Waals surface area (Å²) in [6.07, 6.45) is 4.03. The van der Waals surface area contributed by atoms with E-state index >= 15 is 0 Å². The highest BCUT2D eigenvalue weighted by Gasteiger charge is 2.07. The van der Waals surface area contributed by atoms with Gasteiger partial charge in [0.25, 0.3) is 0 Å². The van der Waals surface area contributed by atoms with Gasteiger partial charge in [-0.2, -0.15) is 0 Å². The molecule has 0 saturated heterocycles. The maximum atomic E-state index is 12.8. The average Bonchev–Trinajstić information content (AvgIpc) is 2.75. The molecule has 0 N–H and O–H groups in total. The summed E-state index contributed by atoms with van der Waals surface area (Å²) >= 11 is 1.62. The van der Waals surface area contributed by atoms with E-state index in [9.17, 15) is 4.39 Å². The Hall–Kier alpha value is -1.68. The highest BCUT2D eigenvalue weighted by Crippen LogP contribution is 2.30. The van der Waals surface area contributed by atoms with Gasteiger partial charge in [-0.1, -0.05) is 0 Å². The van der Waals surface area contributed by atoms with Crippen molar-refractivity contribution in [2.45, 2.75) is 0 Å². The van der Waals surface area contributed by atoms with Crippen LogP contribution >= 0.6 is 11.3 Å². The van der Waals surface area contributed by atoms with E-state index in [1.165, 1.54) is 12.1 Å². The van der Waals surface area contributed by atoms with Gasteiger partial charge in [0, 0.05) is 25.0 Å². The third-order valence-corrected chi connectivity index (χ3v) is 3.47. The molecule has 1 aromatic carbocycles. The standard InChI is InChI=1S/C12H9FN2S/c1-15-6-10-11(7-15)16-12(14-10)8-2-4-9(13)5-3-8/h2-7H,1H3. The second-order valence-corrected chi connectivity index (χ2v) is 4.73. The lowest BCUT2D eigenvalue weighted by Gasteiger charge is -1.94. The number of benzene rings is 1. The molecule has 0 aliphatic rings. The fraction of sp³-hybridized carbons (Fsp3) is 0.0833. The fourth-order valence-corrected chi connectivity index (χ4v) is 2.69. The monoisotopic (exact) mass is 232 g/mol. The summed E-state index contributed by atoms with van der Waals surface area (Å²) in [4.78, 5) is 4.51. The van der Waals surface area contributed by atoms with Crippen LogP contribution in [0.1, 0.15) is 0 Å². The van der Waals surface area contributed by atoms with Crippen LogP contribution in [0.25, 0.3) is 20.8 Å². The normalized spacial score (nSPS) is 11.1. The molecule has 0 fully saturated rings. The van der Waals surface area contributed by atoms with Gasteiger partial charge in [0.15, 0.2) is 0 Å². The molecule has 3 rings (SSSR count). The van der Waals surface area contributed by atoms with Gasteiger partial charge in [-0.15, -0.1) is 11.3 Å². The van der Waals surface area contributed by atoms with Crippen molar-refractivity contribution in [3.63, 3.8) is 0 Å². The van der Waals surface area contributed by atoms with Gasteiger partial charge in [0.1, 0.15) is 10.8 Å². The van der Waals surface area contributed by atoms with Crippen molar-refractivity contribution in [1.29, 1.82) is 0 Å². The molecule has 80 valence electrons. The number of hydrogen-bond acceptors (Lipinski definition) is 2. The first kappa shape index (κ1) is 9.54. The second kappa shape index (κ2) is 3.42. The molecule has 0 radical (unpaired) electrons. The van der Waals surface area contributed by atoms with E-state index in [0.29, 0.717) is 0 Å². The van der Waals surface area contributed by atoms with Crippen molar-refractivity contribution in [1.82, 2.24) is 9.55 Å². The number of fused-ring (bicyclic) bond motifs is 1. The van der Waals surface area contributed by atoms with Crippen LogP contribution in [0.3, 0.4) is 0 Å². The number of nitrogens with zero attached hydrogens (tertiary/aromatic N) is 2. The van der Waals surface area contributed by atoms with E-state index in [4.69, 9.17) is 0 Å². The molecular weight excluding hydrogens is 223 g/mol. The van der Waals surface area contributed by atoms with Gasteiger partial charge in [0.2, 0.25) is 0 Å². The first-order valence-electron chi connectivity index (χ1n) is 4.91. The zero-order chi connectivity index (χ0) is 11.1. The second-order valence-electron chi connectivity index (χ2n) is 3.70. The smallest absolute Gasteiger partial charge is 0.124 e. The molecular formula is C12H9FN2S. The summed E-state index contributed by atoms with van der Waals surface area (Å²) in [5, 5.41) is 0.936. The van der Waals surface area contributed by atoms with Crippen LogP contribution in [0.2, 0.25) is 0 Å². The van der Waals surface area contributed by atoms with Crippen molar-refractivity contribution in [2.24, 2.45) is 7.05 Å². The predicted molar refractivity (Wildman–Crippen MR) is 64.0 cm³/mol. The highest BCUT2D eigenvalue weighted by atomic mass is 32.1. The average molecular weight is 232 g/mol. The largest absolute Gasteiger partial charge is 0.354 e. The topological polar surface area (TPSA) is 17.8 Å². The predicted octanol–water partition coefficient (Wildman–Crippen LogP) is 3.44. The van der Waals surface area contributed by atoms with Crippen LogP contribution in [0, 0.1) is 5.82 Å². The quantitative estimate of drug-likeness (QED) is 0.628. The molecule has 0 aliphatic carbocycles. The summed E-state index contributed by atoms with van der Waals surface area (Å²) < 4.78 is 15.9. The van der Waals surface area contributed by atoms with E-state index < -0.39 is 0 Å². The van der Waals surface area contributed by atoms with Crippen molar-refractivity contribution in [2.75, 3.05) is 0 Å². The summed E-state index contributed by atoms with van der Waals surface area (Å²) in [7, 11) is 1.98. The lowest BCUT2D eigenvalue weighted by molar-refractivity contribution is 0.628. The molecule has 0 amide bonds. The summed E-state index contributed by atoms with van der Waals surface area (Å²) in [6.45, 7) is 0. The SMILES string of the molecule is Cn1cc2nc(-c3ccc(F)cc3)sc2c1. The lowest BCUT2D eigenvalue weighted by Crippen LogP contribution is -1.79. The number of hydrogen-bond donors (Lipinski definition) is 0. The number of aromatic nitrogens is 2. The molecule has 16 heavy (non-hydrogen) atoms. The molecule has 0 unspecified atom stereocenters. The Balaban J connectivity index is 2.11. The Morgan fingerprint density at radius 2 is 1.94 bits per heavy atom. The van der Waals surface area contributed by atoms with Crippen LogP contribution in [0.4, 0.5) is 4.39 Å². The van der Waals surface area contributed by atoms with Gasteiger partial charge in [-0.05, 0) is 24.3 Å². The third-order valence-electron chi connectivity index (χ3n) is 2.42. The van der Waals surface area contributed by atoms with Gasteiger partial charge in [0.05, 0.1) is 10.2 Å². The Bertz CT molecular complexity index is 605. The highest BCUT2D eigenvalue weighted by molar-refractivity contribution is 7.21. The molecule has 3 aromatic rings. The zero-order valence-corrected chi connectivity index (χ0v) is 9.46. The Kier molecular flexibility index (Phi) is 2.04. The van der Waals surface area contributed by atoms with Crippen LogP contribution in [-0.2, 0) is 7.05 Å². The molecule has 0 bridgehead atoms. The molecule has 2 aromatic heterocycles. The minimum Gasteiger partial charge on any atom is -0.354 e. The molecule has 0 saturated carbocycles. The van der Waals surface area contributed by atoms with Crippen LogP contribution in [0.5, 0.6) is 0 Å². The third kappa shape index (κ3) is 1.51. The number of thiazole rings is 1. The van der Waals surface area contributed by atoms with Gasteiger partial charge in [-0.3, -0.25) is 0 Å². The lowest BCUT2D eigenvalue weighted by atomic mass is 10.2. The zero-order valence-electron chi connectivity index (χ0n) is 8.64. The molecule has 4 heteroatoms. The van der Waals surface area contributed by atoms with E-state index in [2.05, 4.69) is 4.98 Å². The fourth-order valence-electron chi connectivity index (χ4n) is 1.66. The minimum absolute atomic E-state index is 0.217. The van der Waals surface area contributed by atoms with E-state index in [-0.39, 0.29) is 5.82 Å². The Labute approximate surface area is 96.0 Å². The van der Waals surface area contributed by atoms with Crippen molar-refractivity contribution >= 4 is 21.6 Å². The summed E-state index contributed by atoms with van der Waals surface area (Å²) in [6, 6.07) is 6.43. The Morgan fingerprint density at radius 3 is 2.62 bits per heavy atom.